The number of nitrogens with zero attached hydrogens (tertiary/aromatic N) is 6. The van der Waals surface area contributed by atoms with Gasteiger partial charge in [0.05, 0.1) is 60.0 Å². The van der Waals surface area contributed by atoms with Gasteiger partial charge >= 0.3 is 0 Å². The number of carbonyl (C=O) groups is 9. The summed E-state index contributed by atoms with van der Waals surface area (Å²) in [5, 5.41) is 8.03. The Bertz CT molecular complexity index is 4960. The van der Waals surface area contributed by atoms with Crippen molar-refractivity contribution in [2.45, 2.75) is 116 Å². The first-order valence-electron chi connectivity index (χ1n) is 40.7. The number of hydrogen-bond acceptors (Lipinski definition) is 15. The predicted molar refractivity (Wildman–Crippen MR) is 371 cm³/mol. The molecular formula is C78H81N9O15. The number of ether oxygens (including phenoxy) is 6. The lowest BCUT2D eigenvalue weighted by molar-refractivity contribution is -0.144. The second kappa shape index (κ2) is 31.3. The first kappa shape index (κ1) is 53.0. The molecule has 6 fully saturated rings. The van der Waals surface area contributed by atoms with Crippen LogP contribution in [-0.4, -0.2) is 160 Å². The third-order valence-electron chi connectivity index (χ3n) is 18.0. The normalized spacial score (nSPS) is 23.9. The maximum atomic E-state index is 13.1. The van der Waals surface area contributed by atoms with Crippen molar-refractivity contribution in [3.63, 3.8) is 0 Å². The lowest BCUT2D eigenvalue weighted by atomic mass is 10.0. The SMILES string of the molecule is [2H]c1c(C([2H])N2CCOCC2=O)ccc(C([2H])([2H])Oc2cccc3c2CN(C2CCC(=C)NC2=O)C3=O)c1[2H].[2H]c1cc(C([2H])([2H])Oc2cccc3c2CN(C2CCC(=C)NC2=O)C3=O)c([2H])cc1C([2H])N1CCOCC1=O.[2H]c1cc(C([2H])N2CCOCC2=O)cc([2H])c1C([2H])([2H])Oc1cccc2c1CN(C1CCC(=C)NC1=O)C2=O. The van der Waals surface area contributed by atoms with Crippen molar-refractivity contribution in [3.05, 3.63) is 231 Å². The quantitative estimate of drug-likeness (QED) is 0.0774. The molecule has 24 nitrogen and oxygen atoms in total. The Morgan fingerprint density at radius 1 is 0.402 bits per heavy atom. The van der Waals surface area contributed by atoms with Crippen LogP contribution in [0.2, 0.25) is 0 Å². The zero-order valence-electron chi connectivity index (χ0n) is 70.3. The third kappa shape index (κ3) is 15.9. The van der Waals surface area contributed by atoms with Crippen LogP contribution in [0.1, 0.15) is 140 Å². The van der Waals surface area contributed by atoms with E-state index in [-0.39, 0.29) is 201 Å². The molecule has 9 amide bonds. The Hall–Kier alpha value is -11.0. The minimum atomic E-state index is -2.63. The number of nitrogens with one attached hydrogen (secondary N) is 3. The molecule has 9 heterocycles. The molecule has 9 aliphatic rings. The lowest BCUT2D eigenvalue weighted by Crippen LogP contribution is -2.49. The zero-order chi connectivity index (χ0) is 84.2. The van der Waals surface area contributed by atoms with E-state index >= 15 is 0 Å². The van der Waals surface area contributed by atoms with Crippen LogP contribution in [0, 0.1) is 0 Å². The average molecular weight is 1400 g/mol. The summed E-state index contributed by atoms with van der Waals surface area (Å²) in [4.78, 5) is 121. The topological polar surface area (TPSA) is 265 Å². The number of hydrogen-bond donors (Lipinski definition) is 3. The highest BCUT2D eigenvalue weighted by molar-refractivity contribution is 6.04. The lowest BCUT2D eigenvalue weighted by Gasteiger charge is -2.31. The molecule has 6 aromatic rings. The average Bonchev–Trinajstić information content (AvgIpc) is 1.67. The summed E-state index contributed by atoms with van der Waals surface area (Å²) in [6, 6.07) is 17.3. The second-order valence-corrected chi connectivity index (χ2v) is 24.9. The van der Waals surface area contributed by atoms with Gasteiger partial charge in [0.1, 0.15) is 74.9 Å². The molecule has 6 saturated heterocycles. The maximum absolute atomic E-state index is 13.1. The molecule has 24 heteroatoms. The zero-order valence-corrected chi connectivity index (χ0v) is 55.3. The minimum absolute atomic E-state index is 0.0412. The Balaban J connectivity index is 0.000000152. The first-order valence-corrected chi connectivity index (χ1v) is 33.0. The number of rotatable bonds is 18. The monoisotopic (exact) mass is 1400 g/mol. The minimum Gasteiger partial charge on any atom is -0.489 e. The summed E-state index contributed by atoms with van der Waals surface area (Å²) in [5.74, 6) is -2.99. The number of fused-ring (bicyclic) bond motifs is 3. The van der Waals surface area contributed by atoms with Gasteiger partial charge in [-0.05, 0) is 108 Å². The van der Waals surface area contributed by atoms with Crippen LogP contribution in [0.15, 0.2) is 164 Å². The fraction of sp³-hybridized carbons (Fsp3) is 0.346. The molecule has 6 aromatic carbocycles. The molecule has 0 radical (unpaired) electrons. The molecule has 102 heavy (non-hydrogen) atoms. The van der Waals surface area contributed by atoms with E-state index in [0.717, 1.165) is 6.07 Å². The standard InChI is InChI=1S/3C26H27N3O5/c3*1-17-5-10-22(25(31)27-17)29-14-21-20(26(29)32)3-2-4-23(21)34-15-19-8-6-18(7-9-19)13-28-11-12-33-16-24(28)30/h3*2-4,6-9,22H,1,5,10-16H2,(H,27,31)/i8D,9D,13D,15D2;6D,9D,13D,15D2;6D,8D,13D,15D2. The Morgan fingerprint density at radius 3 is 1.11 bits per heavy atom. The molecule has 9 aliphatic heterocycles. The van der Waals surface area contributed by atoms with Crippen LogP contribution >= 0.6 is 0 Å². The molecule has 0 aliphatic carbocycles. The fourth-order valence-corrected chi connectivity index (χ4v) is 12.6. The van der Waals surface area contributed by atoms with Gasteiger partial charge in [-0.1, -0.05) is 111 Å². The van der Waals surface area contributed by atoms with Gasteiger partial charge in [-0.3, -0.25) is 43.2 Å². The predicted octanol–water partition coefficient (Wildman–Crippen LogP) is 7.12. The van der Waals surface area contributed by atoms with Crippen molar-refractivity contribution >= 4 is 53.2 Å². The third-order valence-corrected chi connectivity index (χ3v) is 18.0. The number of piperidine rings is 3. The molecular weight excluding hydrogens is 1300 g/mol. The molecule has 15 rings (SSSR count). The van der Waals surface area contributed by atoms with E-state index in [2.05, 4.69) is 35.7 Å². The summed E-state index contributed by atoms with van der Waals surface area (Å²) >= 11 is 0. The van der Waals surface area contributed by atoms with Crippen LogP contribution in [0.3, 0.4) is 0 Å². The van der Waals surface area contributed by atoms with Crippen molar-refractivity contribution in [2.75, 3.05) is 59.3 Å². The highest BCUT2D eigenvalue weighted by Gasteiger charge is 2.43. The molecule has 0 saturated carbocycles. The van der Waals surface area contributed by atoms with E-state index in [1.165, 1.54) is 77.9 Å². The van der Waals surface area contributed by atoms with E-state index in [1.807, 2.05) is 0 Å². The largest absolute Gasteiger partial charge is 0.489 e. The number of benzene rings is 6. The van der Waals surface area contributed by atoms with E-state index in [9.17, 15) is 43.2 Å². The van der Waals surface area contributed by atoms with Gasteiger partial charge in [0.15, 0.2) is 0 Å². The molecule has 6 atom stereocenters. The van der Waals surface area contributed by atoms with Gasteiger partial charge in [0.25, 0.3) is 17.7 Å². The van der Waals surface area contributed by atoms with Crippen molar-refractivity contribution in [3.8, 4) is 17.2 Å². The summed E-state index contributed by atoms with van der Waals surface area (Å²) < 4.78 is 160. The Labute approximate surface area is 611 Å². The van der Waals surface area contributed by atoms with Crippen molar-refractivity contribution in [2.24, 2.45) is 0 Å². The van der Waals surface area contributed by atoms with Gasteiger partial charge in [-0.25, -0.2) is 0 Å². The number of allylic oxidation sites excluding steroid dienone is 3. The number of morpholine rings is 3. The summed E-state index contributed by atoms with van der Waals surface area (Å²) in [5.41, 5.74) is 3.50. The molecule has 6 unspecified atom stereocenters. The highest BCUT2D eigenvalue weighted by atomic mass is 16.5. The van der Waals surface area contributed by atoms with Crippen LogP contribution in [0.25, 0.3) is 0 Å². The fourth-order valence-electron chi connectivity index (χ4n) is 12.6. The highest BCUT2D eigenvalue weighted by Crippen LogP contribution is 2.38. The van der Waals surface area contributed by atoms with Gasteiger partial charge in [-0.15, -0.1) is 0 Å². The molecule has 0 spiro atoms. The number of carbonyl (C=O) groups excluding carboxylic acids is 9. The van der Waals surface area contributed by atoms with Crippen LogP contribution in [0.4, 0.5) is 0 Å². The van der Waals surface area contributed by atoms with Crippen molar-refractivity contribution < 1.29 is 92.1 Å². The van der Waals surface area contributed by atoms with Gasteiger partial charge in [0.2, 0.25) is 35.4 Å². The van der Waals surface area contributed by atoms with Crippen molar-refractivity contribution in [1.29, 1.82) is 0 Å². The van der Waals surface area contributed by atoms with E-state index in [4.69, 9.17) is 49.0 Å². The summed E-state index contributed by atoms with van der Waals surface area (Å²) in [7, 11) is 0. The van der Waals surface area contributed by atoms with E-state index in [0.29, 0.717) is 89.0 Å². The summed E-state index contributed by atoms with van der Waals surface area (Å²) in [6.07, 6.45) is 2.89. The number of amides is 9. The van der Waals surface area contributed by atoms with E-state index in [1.54, 1.807) is 36.4 Å². The van der Waals surface area contributed by atoms with Gasteiger partial charge in [-0.2, -0.15) is 0 Å². The first-order chi connectivity index (χ1) is 55.4. The molecule has 528 valence electrons. The van der Waals surface area contributed by atoms with Gasteiger partial charge in [0, 0.05) is 89.7 Å². The van der Waals surface area contributed by atoms with Crippen LogP contribution < -0.4 is 30.2 Å². The molecule has 0 aromatic heterocycles. The molecule has 0 bridgehead atoms. The van der Waals surface area contributed by atoms with Crippen molar-refractivity contribution in [1.82, 2.24) is 45.3 Å². The van der Waals surface area contributed by atoms with E-state index < -0.39 is 75.2 Å². The second-order valence-electron chi connectivity index (χ2n) is 24.9. The molecule has 3 N–H and O–H groups in total. The smallest absolute Gasteiger partial charge is 0.255 e. The Morgan fingerprint density at radius 2 is 0.716 bits per heavy atom. The Kier molecular flexibility index (Phi) is 16.3. The van der Waals surface area contributed by atoms with Gasteiger partial charge < -0.3 is 73.8 Å². The summed E-state index contributed by atoms with van der Waals surface area (Å²) in [6.45, 7) is 0.926. The maximum Gasteiger partial charge on any atom is 0.255 e. The van der Waals surface area contributed by atoms with Crippen LogP contribution in [-0.2, 0) is 102 Å². The van der Waals surface area contributed by atoms with Crippen LogP contribution in [0.5, 0.6) is 17.2 Å².